The van der Waals surface area contributed by atoms with Crippen molar-refractivity contribution in [1.82, 2.24) is 4.57 Å². The number of aryl methyl sites for hydroxylation is 1. The number of hydrogen-bond acceptors (Lipinski definition) is 5. The van der Waals surface area contributed by atoms with E-state index in [0.717, 1.165) is 22.2 Å². The average molecular weight is 317 g/mol. The number of carbonyl (C=O) groups is 2. The van der Waals surface area contributed by atoms with Crippen molar-refractivity contribution < 1.29 is 23.8 Å². The van der Waals surface area contributed by atoms with Crippen LogP contribution in [0.5, 0.6) is 5.75 Å². The van der Waals surface area contributed by atoms with Gasteiger partial charge in [-0.15, -0.1) is 0 Å². The van der Waals surface area contributed by atoms with Crippen LogP contribution in [0.2, 0.25) is 0 Å². The van der Waals surface area contributed by atoms with Crippen molar-refractivity contribution in [3.05, 3.63) is 29.5 Å². The molecule has 2 aromatic rings. The Morgan fingerprint density at radius 1 is 1.35 bits per heavy atom. The number of rotatable bonds is 5. The number of hydrogen-bond donors (Lipinski definition) is 0. The Labute approximate surface area is 133 Å². The quantitative estimate of drug-likeness (QED) is 0.792. The molecule has 0 radical (unpaired) electrons. The molecule has 0 unspecified atom stereocenters. The van der Waals surface area contributed by atoms with Crippen molar-refractivity contribution in [3.63, 3.8) is 0 Å². The molecule has 122 valence electrons. The molecule has 0 saturated heterocycles. The van der Waals surface area contributed by atoms with Crippen LogP contribution in [0.1, 0.15) is 29.4 Å². The molecule has 6 heteroatoms. The zero-order valence-electron chi connectivity index (χ0n) is 13.3. The van der Waals surface area contributed by atoms with Crippen LogP contribution in [-0.2, 0) is 27.2 Å². The molecule has 0 spiro atoms. The topological polar surface area (TPSA) is 66.8 Å². The molecule has 23 heavy (non-hydrogen) atoms. The van der Waals surface area contributed by atoms with Crippen LogP contribution in [0.3, 0.4) is 0 Å². The first-order valence-electron chi connectivity index (χ1n) is 7.68. The van der Waals surface area contributed by atoms with E-state index in [1.165, 1.54) is 7.11 Å². The van der Waals surface area contributed by atoms with E-state index in [9.17, 15) is 9.59 Å². The third kappa shape index (κ3) is 2.65. The maximum Gasteiger partial charge on any atom is 0.355 e. The van der Waals surface area contributed by atoms with Gasteiger partial charge >= 0.3 is 11.9 Å². The first kappa shape index (κ1) is 15.4. The smallest absolute Gasteiger partial charge is 0.355 e. The summed E-state index contributed by atoms with van der Waals surface area (Å²) < 4.78 is 17.5. The van der Waals surface area contributed by atoms with Gasteiger partial charge in [-0.3, -0.25) is 4.79 Å². The van der Waals surface area contributed by atoms with Gasteiger partial charge < -0.3 is 18.8 Å². The maximum atomic E-state index is 12.3. The Morgan fingerprint density at radius 2 is 2.17 bits per heavy atom. The van der Waals surface area contributed by atoms with Gasteiger partial charge in [0, 0.05) is 11.8 Å². The first-order chi connectivity index (χ1) is 11.2. The Bertz CT molecular complexity index is 762. The van der Waals surface area contributed by atoms with Crippen LogP contribution < -0.4 is 4.74 Å². The van der Waals surface area contributed by atoms with Crippen molar-refractivity contribution >= 4 is 22.8 Å². The monoisotopic (exact) mass is 317 g/mol. The third-order valence-corrected chi connectivity index (χ3v) is 3.99. The van der Waals surface area contributed by atoms with Crippen molar-refractivity contribution in [3.8, 4) is 5.75 Å². The van der Waals surface area contributed by atoms with Crippen molar-refractivity contribution in [2.75, 3.05) is 20.3 Å². The number of aromatic nitrogens is 1. The van der Waals surface area contributed by atoms with E-state index >= 15 is 0 Å². The van der Waals surface area contributed by atoms with Crippen LogP contribution in [-0.4, -0.2) is 36.8 Å². The van der Waals surface area contributed by atoms with Gasteiger partial charge in [0.15, 0.2) is 0 Å². The molecular formula is C17H19NO5. The van der Waals surface area contributed by atoms with Crippen LogP contribution >= 0.6 is 0 Å². The second-order valence-corrected chi connectivity index (χ2v) is 5.28. The fraction of sp³-hybridized carbons (Fsp3) is 0.412. The maximum absolute atomic E-state index is 12.3. The molecule has 0 fully saturated rings. The average Bonchev–Trinajstić information content (AvgIpc) is 2.89. The minimum atomic E-state index is -0.395. The fourth-order valence-electron chi connectivity index (χ4n) is 3.08. The highest BCUT2D eigenvalue weighted by atomic mass is 16.5. The summed E-state index contributed by atoms with van der Waals surface area (Å²) in [6.45, 7) is 3.21. The zero-order chi connectivity index (χ0) is 16.4. The first-order valence-corrected chi connectivity index (χ1v) is 7.68. The predicted molar refractivity (Wildman–Crippen MR) is 83.7 cm³/mol. The highest BCUT2D eigenvalue weighted by Crippen LogP contribution is 2.36. The van der Waals surface area contributed by atoms with Crippen molar-refractivity contribution in [2.45, 2.75) is 26.3 Å². The van der Waals surface area contributed by atoms with E-state index in [-0.39, 0.29) is 12.4 Å². The molecule has 0 atom stereocenters. The Hall–Kier alpha value is -2.50. The molecule has 0 aliphatic carbocycles. The summed E-state index contributed by atoms with van der Waals surface area (Å²) in [7, 11) is 1.36. The molecule has 0 amide bonds. The second kappa shape index (κ2) is 6.32. The third-order valence-electron chi connectivity index (χ3n) is 3.99. The molecule has 0 bridgehead atoms. The minimum Gasteiger partial charge on any atom is -0.490 e. The molecule has 0 saturated carbocycles. The lowest BCUT2D eigenvalue weighted by atomic mass is 10.1. The summed E-state index contributed by atoms with van der Waals surface area (Å²) in [5.74, 6) is 0.0840. The highest BCUT2D eigenvalue weighted by molar-refractivity contribution is 6.01. The standard InChI is InChI=1S/C17H19NO5/c1-3-22-14(19)8-7-12-11-5-4-6-13-15(11)18(9-10-23-13)16(12)17(20)21-2/h4-6H,3,7-10H2,1-2H3. The molecule has 1 aromatic carbocycles. The van der Waals surface area contributed by atoms with E-state index in [1.807, 2.05) is 22.8 Å². The molecular weight excluding hydrogens is 298 g/mol. The van der Waals surface area contributed by atoms with E-state index in [2.05, 4.69) is 0 Å². The van der Waals surface area contributed by atoms with E-state index in [4.69, 9.17) is 14.2 Å². The zero-order valence-corrected chi connectivity index (χ0v) is 13.3. The van der Waals surface area contributed by atoms with Gasteiger partial charge in [0.05, 0.1) is 25.8 Å². The van der Waals surface area contributed by atoms with Crippen molar-refractivity contribution in [1.29, 1.82) is 0 Å². The van der Waals surface area contributed by atoms with Crippen molar-refractivity contribution in [2.24, 2.45) is 0 Å². The van der Waals surface area contributed by atoms with E-state index < -0.39 is 5.97 Å². The Kier molecular flexibility index (Phi) is 4.23. The summed E-state index contributed by atoms with van der Waals surface area (Å²) in [5.41, 5.74) is 2.20. The number of methoxy groups -OCH3 is 1. The van der Waals surface area contributed by atoms with Gasteiger partial charge in [-0.05, 0) is 25.0 Å². The summed E-state index contributed by atoms with van der Waals surface area (Å²) in [6, 6.07) is 5.72. The largest absolute Gasteiger partial charge is 0.490 e. The van der Waals surface area contributed by atoms with Gasteiger partial charge in [0.25, 0.3) is 0 Å². The summed E-state index contributed by atoms with van der Waals surface area (Å²) >= 11 is 0. The Balaban J connectivity index is 2.09. The minimum absolute atomic E-state index is 0.224. The summed E-state index contributed by atoms with van der Waals surface area (Å²) in [5, 5.41) is 0.923. The highest BCUT2D eigenvalue weighted by Gasteiger charge is 2.27. The van der Waals surface area contributed by atoms with Gasteiger partial charge in [0.2, 0.25) is 0 Å². The summed E-state index contributed by atoms with van der Waals surface area (Å²) in [6.07, 6.45) is 0.651. The van der Waals surface area contributed by atoms with E-state index in [0.29, 0.717) is 31.9 Å². The van der Waals surface area contributed by atoms with Crippen LogP contribution in [0, 0.1) is 0 Å². The SMILES string of the molecule is CCOC(=O)CCc1c(C(=O)OC)n2c3c(cccc13)OCC2. The molecule has 2 heterocycles. The van der Waals surface area contributed by atoms with Crippen LogP contribution in [0.25, 0.3) is 10.9 Å². The van der Waals surface area contributed by atoms with E-state index in [1.54, 1.807) is 6.92 Å². The number of para-hydroxylation sites is 1. The lowest BCUT2D eigenvalue weighted by molar-refractivity contribution is -0.143. The number of carbonyl (C=O) groups excluding carboxylic acids is 2. The number of nitrogens with zero attached hydrogens (tertiary/aromatic N) is 1. The predicted octanol–water partition coefficient (Wildman–Crippen LogP) is 2.32. The van der Waals surface area contributed by atoms with Crippen LogP contribution in [0.4, 0.5) is 0 Å². The second-order valence-electron chi connectivity index (χ2n) is 5.28. The molecule has 3 rings (SSSR count). The molecule has 0 N–H and O–H groups in total. The molecule has 1 aromatic heterocycles. The fourth-order valence-corrected chi connectivity index (χ4v) is 3.08. The molecule has 1 aliphatic heterocycles. The normalized spacial score (nSPS) is 12.8. The van der Waals surface area contributed by atoms with Gasteiger partial charge in [-0.1, -0.05) is 12.1 Å². The van der Waals surface area contributed by atoms with Gasteiger partial charge in [-0.2, -0.15) is 0 Å². The molecule has 1 aliphatic rings. The lowest BCUT2D eigenvalue weighted by Crippen LogP contribution is -2.19. The summed E-state index contributed by atoms with van der Waals surface area (Å²) in [4.78, 5) is 24.0. The van der Waals surface area contributed by atoms with Gasteiger partial charge in [0.1, 0.15) is 18.1 Å². The number of ether oxygens (including phenoxy) is 3. The number of benzene rings is 1. The molecule has 6 nitrogen and oxygen atoms in total. The lowest BCUT2D eigenvalue weighted by Gasteiger charge is -2.18. The van der Waals surface area contributed by atoms with Crippen LogP contribution in [0.15, 0.2) is 18.2 Å². The Morgan fingerprint density at radius 3 is 2.91 bits per heavy atom. The number of esters is 2. The van der Waals surface area contributed by atoms with Gasteiger partial charge in [-0.25, -0.2) is 4.79 Å².